The first-order valence-corrected chi connectivity index (χ1v) is 6.48. The van der Waals surface area contributed by atoms with E-state index >= 15 is 0 Å². The minimum atomic E-state index is 1.24. The van der Waals surface area contributed by atoms with Gasteiger partial charge in [0, 0.05) is 0 Å². The van der Waals surface area contributed by atoms with Crippen molar-refractivity contribution in [2.75, 3.05) is 0 Å². The number of hydrogen-bond donors (Lipinski definition) is 0. The fourth-order valence-electron chi connectivity index (χ4n) is 1.89. The predicted molar refractivity (Wildman–Crippen MR) is 69.0 cm³/mol. The van der Waals surface area contributed by atoms with Crippen LogP contribution in [0.25, 0.3) is 0 Å². The molecule has 0 fully saturated rings. The van der Waals surface area contributed by atoms with Crippen LogP contribution < -0.4 is 0 Å². The Kier molecular flexibility index (Phi) is 8.00. The summed E-state index contributed by atoms with van der Waals surface area (Å²) >= 11 is 0. The summed E-state index contributed by atoms with van der Waals surface area (Å²) < 4.78 is 0. The molecule has 0 aliphatic heterocycles. The molecule has 0 amide bonds. The van der Waals surface area contributed by atoms with E-state index < -0.39 is 0 Å². The van der Waals surface area contributed by atoms with Crippen molar-refractivity contribution in [3.63, 3.8) is 0 Å². The highest BCUT2D eigenvalue weighted by atomic mass is 14.0. The van der Waals surface area contributed by atoms with Gasteiger partial charge in [0.05, 0.1) is 0 Å². The van der Waals surface area contributed by atoms with Crippen molar-refractivity contribution in [3.05, 3.63) is 36.5 Å². The summed E-state index contributed by atoms with van der Waals surface area (Å²) in [6, 6.07) is 0. The topological polar surface area (TPSA) is 0 Å². The highest BCUT2D eigenvalue weighted by Crippen LogP contribution is 2.10. The predicted octanol–water partition coefficient (Wildman–Crippen LogP) is 5.18. The lowest BCUT2D eigenvalue weighted by Crippen LogP contribution is -1.80. The van der Waals surface area contributed by atoms with Crippen LogP contribution in [0.4, 0.5) is 0 Å². The van der Waals surface area contributed by atoms with E-state index in [1.165, 1.54) is 57.8 Å². The molecule has 0 aromatic carbocycles. The van der Waals surface area contributed by atoms with Crippen molar-refractivity contribution < 1.29 is 0 Å². The average Bonchev–Trinajstić information content (AvgIpc) is 2.27. The normalized spacial score (nSPS) is 25.1. The third-order valence-electron chi connectivity index (χ3n) is 2.85. The van der Waals surface area contributed by atoms with Crippen molar-refractivity contribution in [2.45, 2.75) is 57.8 Å². The third-order valence-corrected chi connectivity index (χ3v) is 2.85. The van der Waals surface area contributed by atoms with Crippen molar-refractivity contribution in [3.8, 4) is 0 Å². The van der Waals surface area contributed by atoms with Crippen molar-refractivity contribution in [2.24, 2.45) is 0 Å². The standard InChI is InChI=1S/C15H24/c1-2-4-6-8-10-12-14-15-13-11-9-7-5-3-1/h1-6H,7-15H2/b2-1-,5-3+,6-4?. The fourth-order valence-corrected chi connectivity index (χ4v) is 1.89. The van der Waals surface area contributed by atoms with Crippen LogP contribution in [-0.4, -0.2) is 0 Å². The zero-order valence-corrected chi connectivity index (χ0v) is 9.83. The summed E-state index contributed by atoms with van der Waals surface area (Å²) in [5.74, 6) is 0. The van der Waals surface area contributed by atoms with E-state index in [1.807, 2.05) is 0 Å². The second kappa shape index (κ2) is 9.76. The Morgan fingerprint density at radius 2 is 0.800 bits per heavy atom. The van der Waals surface area contributed by atoms with Gasteiger partial charge in [-0.2, -0.15) is 0 Å². The molecule has 0 atom stereocenters. The summed E-state index contributed by atoms with van der Waals surface area (Å²) in [4.78, 5) is 0. The Morgan fingerprint density at radius 3 is 1.27 bits per heavy atom. The quantitative estimate of drug-likeness (QED) is 0.510. The number of rotatable bonds is 0. The zero-order chi connectivity index (χ0) is 10.6. The molecule has 0 radical (unpaired) electrons. The van der Waals surface area contributed by atoms with Crippen LogP contribution in [0.2, 0.25) is 0 Å². The van der Waals surface area contributed by atoms with Crippen LogP contribution in [0.1, 0.15) is 57.8 Å². The molecular formula is C15H24. The van der Waals surface area contributed by atoms with Crippen LogP contribution in [0, 0.1) is 0 Å². The van der Waals surface area contributed by atoms with Crippen molar-refractivity contribution in [1.29, 1.82) is 0 Å². The second-order valence-corrected chi connectivity index (χ2v) is 4.29. The maximum absolute atomic E-state index is 2.28. The Hall–Kier alpha value is -0.780. The first-order chi connectivity index (χ1) is 7.50. The molecule has 1 rings (SSSR count). The largest absolute Gasteiger partial charge is 0.0845 e. The van der Waals surface area contributed by atoms with Crippen LogP contribution >= 0.6 is 0 Å². The van der Waals surface area contributed by atoms with Gasteiger partial charge in [-0.25, -0.2) is 0 Å². The van der Waals surface area contributed by atoms with E-state index in [4.69, 9.17) is 0 Å². The van der Waals surface area contributed by atoms with Gasteiger partial charge in [0.15, 0.2) is 0 Å². The minimum absolute atomic E-state index is 1.24. The van der Waals surface area contributed by atoms with Gasteiger partial charge in [-0.3, -0.25) is 0 Å². The van der Waals surface area contributed by atoms with Crippen molar-refractivity contribution >= 4 is 0 Å². The van der Waals surface area contributed by atoms with Gasteiger partial charge in [-0.1, -0.05) is 68.6 Å². The Bertz CT molecular complexity index is 186. The van der Waals surface area contributed by atoms with E-state index in [9.17, 15) is 0 Å². The van der Waals surface area contributed by atoms with Gasteiger partial charge in [-0.05, 0) is 25.7 Å². The molecule has 0 spiro atoms. The molecule has 0 N–H and O–H groups in total. The van der Waals surface area contributed by atoms with E-state index in [1.54, 1.807) is 0 Å². The third kappa shape index (κ3) is 8.23. The SMILES string of the molecule is C1=CCCCCCCCCC/C=C/C=C\1. The molecule has 0 aromatic rings. The number of allylic oxidation sites excluding steroid dienone is 6. The summed E-state index contributed by atoms with van der Waals surface area (Å²) in [7, 11) is 0. The average molecular weight is 204 g/mol. The van der Waals surface area contributed by atoms with Crippen LogP contribution in [0.3, 0.4) is 0 Å². The van der Waals surface area contributed by atoms with E-state index in [2.05, 4.69) is 36.5 Å². The Labute approximate surface area is 94.8 Å². The monoisotopic (exact) mass is 204 g/mol. The summed E-state index contributed by atoms with van der Waals surface area (Å²) in [6.45, 7) is 0. The molecule has 0 nitrogen and oxygen atoms in total. The Morgan fingerprint density at radius 1 is 0.400 bits per heavy atom. The Balaban J connectivity index is 2.25. The van der Waals surface area contributed by atoms with Crippen LogP contribution in [-0.2, 0) is 0 Å². The van der Waals surface area contributed by atoms with Gasteiger partial charge in [-0.15, -0.1) is 0 Å². The molecule has 0 heterocycles. The smallest absolute Gasteiger partial charge is 0.0348 e. The lowest BCUT2D eigenvalue weighted by molar-refractivity contribution is 0.584. The molecule has 0 saturated heterocycles. The highest BCUT2D eigenvalue weighted by Gasteiger charge is 1.90. The lowest BCUT2D eigenvalue weighted by atomic mass is 10.1. The molecule has 0 unspecified atom stereocenters. The van der Waals surface area contributed by atoms with Crippen LogP contribution in [0.15, 0.2) is 36.5 Å². The first kappa shape index (κ1) is 12.3. The van der Waals surface area contributed by atoms with E-state index in [0.717, 1.165) is 0 Å². The van der Waals surface area contributed by atoms with Gasteiger partial charge in [0.2, 0.25) is 0 Å². The lowest BCUT2D eigenvalue weighted by Gasteiger charge is -1.99. The summed E-state index contributed by atoms with van der Waals surface area (Å²) in [5.41, 5.74) is 0. The zero-order valence-electron chi connectivity index (χ0n) is 9.83. The summed E-state index contributed by atoms with van der Waals surface area (Å²) in [5, 5.41) is 0. The summed E-state index contributed by atoms with van der Waals surface area (Å²) in [6.07, 6.45) is 25.5. The van der Waals surface area contributed by atoms with Gasteiger partial charge in [0.25, 0.3) is 0 Å². The maximum atomic E-state index is 2.28. The van der Waals surface area contributed by atoms with Gasteiger partial charge >= 0.3 is 0 Å². The molecule has 1 aliphatic rings. The molecule has 0 bridgehead atoms. The number of hydrogen-bond acceptors (Lipinski definition) is 0. The highest BCUT2D eigenvalue weighted by molar-refractivity contribution is 5.10. The second-order valence-electron chi connectivity index (χ2n) is 4.29. The minimum Gasteiger partial charge on any atom is -0.0845 e. The van der Waals surface area contributed by atoms with Crippen LogP contribution in [0.5, 0.6) is 0 Å². The van der Waals surface area contributed by atoms with E-state index in [0.29, 0.717) is 0 Å². The molecule has 0 heteroatoms. The molecular weight excluding hydrogens is 180 g/mol. The first-order valence-electron chi connectivity index (χ1n) is 6.48. The molecule has 15 heavy (non-hydrogen) atoms. The molecule has 84 valence electrons. The van der Waals surface area contributed by atoms with Gasteiger partial charge < -0.3 is 0 Å². The molecule has 0 aromatic heterocycles. The molecule has 0 saturated carbocycles. The van der Waals surface area contributed by atoms with Gasteiger partial charge in [0.1, 0.15) is 0 Å². The van der Waals surface area contributed by atoms with Crippen molar-refractivity contribution in [1.82, 2.24) is 0 Å². The maximum Gasteiger partial charge on any atom is -0.0348 e. The molecule has 1 aliphatic carbocycles. The van der Waals surface area contributed by atoms with E-state index in [-0.39, 0.29) is 0 Å². The fraction of sp³-hybridized carbons (Fsp3) is 0.600.